The minimum absolute atomic E-state index is 0.0325. The summed E-state index contributed by atoms with van der Waals surface area (Å²) in [5.41, 5.74) is 0.997. The van der Waals surface area contributed by atoms with Crippen molar-refractivity contribution in [3.63, 3.8) is 0 Å². The molecule has 176 valence electrons. The number of halogens is 1. The van der Waals surface area contributed by atoms with Crippen LogP contribution in [0.3, 0.4) is 0 Å². The average Bonchev–Trinajstić information content (AvgIpc) is 3.39. The van der Waals surface area contributed by atoms with Crippen LogP contribution < -0.4 is 10.2 Å². The van der Waals surface area contributed by atoms with Crippen LogP contribution in [-0.4, -0.2) is 53.4 Å². The summed E-state index contributed by atoms with van der Waals surface area (Å²) in [5, 5.41) is 12.7. The number of anilines is 1. The molecular weight excluding hydrogens is 455 g/mol. The van der Waals surface area contributed by atoms with Gasteiger partial charge < -0.3 is 14.5 Å². The smallest absolute Gasteiger partial charge is 0.433 e. The van der Waals surface area contributed by atoms with Gasteiger partial charge in [-0.05, 0) is 55.6 Å². The maximum atomic E-state index is 15.0. The van der Waals surface area contributed by atoms with Crippen molar-refractivity contribution in [2.75, 3.05) is 31.1 Å². The van der Waals surface area contributed by atoms with E-state index < -0.39 is 22.4 Å². The molecule has 1 aromatic carbocycles. The molecule has 0 aliphatic carbocycles. The predicted molar refractivity (Wildman–Crippen MR) is 119 cm³/mol. The normalized spacial score (nSPS) is 19.5. The van der Waals surface area contributed by atoms with Crippen LogP contribution in [0.15, 0.2) is 34.7 Å². The van der Waals surface area contributed by atoms with Gasteiger partial charge in [-0.25, -0.2) is 9.18 Å². The molecule has 0 radical (unpaired) electrons. The van der Waals surface area contributed by atoms with E-state index in [0.29, 0.717) is 36.6 Å². The van der Waals surface area contributed by atoms with E-state index in [9.17, 15) is 24.1 Å². The number of rotatable bonds is 7. The molecule has 2 aliphatic rings. The lowest BCUT2D eigenvalue weighted by Crippen LogP contribution is -2.33. The molecule has 0 bridgehead atoms. The molecule has 1 unspecified atom stereocenters. The van der Waals surface area contributed by atoms with Crippen LogP contribution in [0.2, 0.25) is 0 Å². The summed E-state index contributed by atoms with van der Waals surface area (Å²) in [4.78, 5) is 36.7. The molecule has 0 saturated carbocycles. The lowest BCUT2D eigenvalue weighted by molar-refractivity contribution is -0.402. The number of nitrogens with one attached hydrogen (secondary N) is 1. The third-order valence-corrected chi connectivity index (χ3v) is 6.04. The number of nitro groups is 1. The highest BCUT2D eigenvalue weighted by molar-refractivity contribution is 7.96. The molecule has 2 fully saturated rings. The Morgan fingerprint density at radius 2 is 2.03 bits per heavy atom. The molecule has 4 rings (SSSR count). The molecule has 2 saturated heterocycles. The van der Waals surface area contributed by atoms with Crippen LogP contribution in [0.5, 0.6) is 0 Å². The third kappa shape index (κ3) is 5.45. The number of amides is 2. The number of piperidine rings is 1. The van der Waals surface area contributed by atoms with Gasteiger partial charge in [0, 0.05) is 0 Å². The first-order valence-corrected chi connectivity index (χ1v) is 10.9. The van der Waals surface area contributed by atoms with Gasteiger partial charge in [-0.15, -0.1) is 0 Å². The zero-order valence-corrected chi connectivity index (χ0v) is 18.5. The third-order valence-electron chi connectivity index (χ3n) is 5.89. The number of thiol groups is 1. The molecular formula is C21H23FN4O6S. The lowest BCUT2D eigenvalue weighted by Gasteiger charge is -2.31. The molecule has 2 aliphatic heterocycles. The molecule has 1 aromatic heterocycles. The van der Waals surface area contributed by atoms with E-state index in [-0.39, 0.29) is 30.7 Å². The summed E-state index contributed by atoms with van der Waals surface area (Å²) in [5.74, 6) is -0.0974. The van der Waals surface area contributed by atoms with Crippen LogP contribution in [0.1, 0.15) is 30.1 Å². The Balaban J connectivity index is 1.33. The molecule has 33 heavy (non-hydrogen) atoms. The van der Waals surface area contributed by atoms with Crippen LogP contribution in [0, 0.1) is 15.9 Å². The molecule has 2 aromatic rings. The van der Waals surface area contributed by atoms with Gasteiger partial charge >= 0.3 is 12.0 Å². The first kappa shape index (κ1) is 23.1. The number of ether oxygens (including phenoxy) is 1. The van der Waals surface area contributed by atoms with E-state index in [2.05, 4.69) is 22.8 Å². The fourth-order valence-corrected chi connectivity index (χ4v) is 4.32. The Morgan fingerprint density at radius 3 is 2.67 bits per heavy atom. The number of carbonyl (C=O) groups excluding carboxylic acids is 2. The fourth-order valence-electron chi connectivity index (χ4n) is 4.23. The molecule has 2 amide bonds. The van der Waals surface area contributed by atoms with Gasteiger partial charge in [0.05, 0.1) is 31.4 Å². The van der Waals surface area contributed by atoms with Gasteiger partial charge in [0.2, 0.25) is 0 Å². The maximum absolute atomic E-state index is 15.0. The average molecular weight is 479 g/mol. The largest absolute Gasteiger partial charge is 0.442 e. The molecule has 10 nitrogen and oxygen atoms in total. The Hall–Kier alpha value is -3.12. The van der Waals surface area contributed by atoms with Crippen molar-refractivity contribution < 1.29 is 28.1 Å². The van der Waals surface area contributed by atoms with Gasteiger partial charge in [-0.1, -0.05) is 18.7 Å². The number of furan rings is 1. The van der Waals surface area contributed by atoms with Gasteiger partial charge in [-0.3, -0.25) is 24.7 Å². The van der Waals surface area contributed by atoms with Crippen LogP contribution >= 0.6 is 12.6 Å². The van der Waals surface area contributed by atoms with Gasteiger partial charge in [-0.2, -0.15) is 0 Å². The second kappa shape index (κ2) is 9.79. The first-order valence-electron chi connectivity index (χ1n) is 10.5. The van der Waals surface area contributed by atoms with E-state index in [0.717, 1.165) is 12.8 Å². The highest BCUT2D eigenvalue weighted by Crippen LogP contribution is 2.33. The molecule has 1 N–H and O–H groups in total. The number of cyclic esters (lactones) is 1. The van der Waals surface area contributed by atoms with E-state index in [1.165, 1.54) is 17.0 Å². The number of nitrogens with zero attached hydrogens (tertiary/aromatic N) is 3. The van der Waals surface area contributed by atoms with E-state index in [4.69, 9.17) is 9.15 Å². The standard InChI is InChI=1S/C21H23FN4O6S/c22-18-9-14(25-12-16(32-21(25)28)10-23-20(27)33)1-3-17(18)13-5-7-24(8-6-13)11-15-2-4-19(31-15)26(29)30/h1-4,9,13,16H,5-8,10-12H2,(H2,23,27,33). The second-order valence-electron chi connectivity index (χ2n) is 8.06. The van der Waals surface area contributed by atoms with Gasteiger partial charge in [0.15, 0.2) is 0 Å². The molecule has 3 heterocycles. The zero-order chi connectivity index (χ0) is 23.5. The summed E-state index contributed by atoms with van der Waals surface area (Å²) in [6.45, 7) is 2.21. The van der Waals surface area contributed by atoms with Crippen molar-refractivity contribution in [2.45, 2.75) is 31.4 Å². The summed E-state index contributed by atoms with van der Waals surface area (Å²) >= 11 is 3.61. The zero-order valence-electron chi connectivity index (χ0n) is 17.6. The van der Waals surface area contributed by atoms with Gasteiger partial charge in [0.1, 0.15) is 22.6 Å². The lowest BCUT2D eigenvalue weighted by atomic mass is 9.89. The molecule has 0 spiro atoms. The van der Waals surface area contributed by atoms with Crippen molar-refractivity contribution in [3.8, 4) is 0 Å². The summed E-state index contributed by atoms with van der Waals surface area (Å²) in [7, 11) is 0. The minimum Gasteiger partial charge on any atom is -0.442 e. The number of benzene rings is 1. The fraction of sp³-hybridized carbons (Fsp3) is 0.429. The SMILES string of the molecule is O=C(S)NCC1CN(c2ccc(C3CCN(Cc4ccc([N+](=O)[O-])o4)CC3)c(F)c2)C(=O)O1. The molecule has 12 heteroatoms. The maximum Gasteiger partial charge on any atom is 0.433 e. The Kier molecular flexibility index (Phi) is 6.84. The van der Waals surface area contributed by atoms with Crippen LogP contribution in [-0.2, 0) is 11.3 Å². The monoisotopic (exact) mass is 478 g/mol. The molecule has 1 atom stereocenters. The van der Waals surface area contributed by atoms with E-state index in [1.807, 2.05) is 0 Å². The quantitative estimate of drug-likeness (QED) is 0.354. The predicted octanol–water partition coefficient (Wildman–Crippen LogP) is 3.67. The number of hydrogen-bond donors (Lipinski definition) is 2. The highest BCUT2D eigenvalue weighted by Gasteiger charge is 2.33. The topological polar surface area (TPSA) is 118 Å². The van der Waals surface area contributed by atoms with Crippen molar-refractivity contribution in [3.05, 3.63) is 57.6 Å². The van der Waals surface area contributed by atoms with Crippen molar-refractivity contribution >= 4 is 35.5 Å². The minimum atomic E-state index is -0.591. The van der Waals surface area contributed by atoms with E-state index >= 15 is 0 Å². The van der Waals surface area contributed by atoms with Crippen LogP contribution in [0.25, 0.3) is 0 Å². The Morgan fingerprint density at radius 1 is 1.27 bits per heavy atom. The van der Waals surface area contributed by atoms with Crippen molar-refractivity contribution in [2.24, 2.45) is 0 Å². The number of likely N-dealkylation sites (tertiary alicyclic amines) is 1. The van der Waals surface area contributed by atoms with Gasteiger partial charge in [0.25, 0.3) is 5.24 Å². The number of hydrogen-bond acceptors (Lipinski definition) is 7. The van der Waals surface area contributed by atoms with Crippen LogP contribution in [0.4, 0.5) is 25.6 Å². The summed E-state index contributed by atoms with van der Waals surface area (Å²) in [6, 6.07) is 7.69. The van der Waals surface area contributed by atoms with Crippen molar-refractivity contribution in [1.29, 1.82) is 0 Å². The number of carbonyl (C=O) groups is 2. The Bertz CT molecular complexity index is 1060. The van der Waals surface area contributed by atoms with Crippen molar-refractivity contribution in [1.82, 2.24) is 10.2 Å². The highest BCUT2D eigenvalue weighted by atomic mass is 32.1. The summed E-state index contributed by atoms with van der Waals surface area (Å²) < 4.78 is 25.4. The first-order chi connectivity index (χ1) is 15.8. The summed E-state index contributed by atoms with van der Waals surface area (Å²) in [6.07, 6.45) is 0.343. The second-order valence-corrected chi connectivity index (χ2v) is 8.46. The van der Waals surface area contributed by atoms with E-state index in [1.54, 1.807) is 18.2 Å². The Labute approximate surface area is 194 Å².